The zero-order valence-corrected chi connectivity index (χ0v) is 23.5. The summed E-state index contributed by atoms with van der Waals surface area (Å²) in [6.07, 6.45) is 9.85. The van der Waals surface area contributed by atoms with Gasteiger partial charge in [-0.1, -0.05) is 17.7 Å². The first kappa shape index (κ1) is 26.9. The Labute approximate surface area is 229 Å². The molecule has 0 bridgehead atoms. The average Bonchev–Trinajstić information content (AvgIpc) is 3.53. The maximum atomic E-state index is 13.1. The number of aromatic nitrogens is 3. The Hall–Kier alpha value is -3.70. The number of nitrogens with zero attached hydrogens (tertiary/aromatic N) is 4. The third-order valence-corrected chi connectivity index (χ3v) is 8.49. The summed E-state index contributed by atoms with van der Waals surface area (Å²) < 4.78 is 35.3. The van der Waals surface area contributed by atoms with Crippen LogP contribution in [0.2, 0.25) is 0 Å². The van der Waals surface area contributed by atoms with Crippen LogP contribution in [0.4, 0.5) is 10.5 Å². The van der Waals surface area contributed by atoms with Gasteiger partial charge in [0.2, 0.25) is 5.88 Å². The minimum absolute atomic E-state index is 0.117. The Kier molecular flexibility index (Phi) is 7.46. The van der Waals surface area contributed by atoms with Gasteiger partial charge in [-0.2, -0.15) is 13.5 Å². The van der Waals surface area contributed by atoms with Crippen molar-refractivity contribution in [2.24, 2.45) is 0 Å². The van der Waals surface area contributed by atoms with Gasteiger partial charge in [0.25, 0.3) is 10.0 Å². The molecular formula is C28H34N6O4S. The summed E-state index contributed by atoms with van der Waals surface area (Å²) in [5.74, 6) is 0.452. The van der Waals surface area contributed by atoms with Crippen LogP contribution < -0.4 is 14.8 Å². The molecule has 2 amide bonds. The first-order valence-electron chi connectivity index (χ1n) is 13.0. The van der Waals surface area contributed by atoms with E-state index in [0.29, 0.717) is 11.6 Å². The van der Waals surface area contributed by atoms with E-state index in [-0.39, 0.29) is 11.1 Å². The molecule has 0 aliphatic heterocycles. The number of carbonyl (C=O) groups is 1. The van der Waals surface area contributed by atoms with E-state index < -0.39 is 16.1 Å². The van der Waals surface area contributed by atoms with Gasteiger partial charge >= 0.3 is 6.03 Å². The highest BCUT2D eigenvalue weighted by molar-refractivity contribution is 7.90. The third kappa shape index (κ3) is 5.69. The lowest BCUT2D eigenvalue weighted by molar-refractivity contribution is 0.256. The van der Waals surface area contributed by atoms with E-state index in [2.05, 4.69) is 37.2 Å². The van der Waals surface area contributed by atoms with Crippen LogP contribution in [0.15, 0.2) is 53.3 Å². The predicted molar refractivity (Wildman–Crippen MR) is 149 cm³/mol. The number of allylic oxidation sites excluding steroid dienone is 1. The third-order valence-electron chi connectivity index (χ3n) is 7.27. The van der Waals surface area contributed by atoms with Crippen molar-refractivity contribution >= 4 is 21.7 Å². The molecule has 0 unspecified atom stereocenters. The molecule has 5 rings (SSSR count). The average molecular weight is 551 g/mol. The zero-order chi connectivity index (χ0) is 27.7. The van der Waals surface area contributed by atoms with Crippen molar-refractivity contribution in [2.75, 3.05) is 33.1 Å². The molecule has 2 aliphatic carbocycles. The zero-order valence-electron chi connectivity index (χ0n) is 22.7. The van der Waals surface area contributed by atoms with Crippen LogP contribution in [0.5, 0.6) is 5.88 Å². The molecule has 3 aromatic rings. The van der Waals surface area contributed by atoms with E-state index in [9.17, 15) is 13.2 Å². The fraction of sp³-hybridized carbons (Fsp3) is 0.393. The van der Waals surface area contributed by atoms with Gasteiger partial charge in [-0.15, -0.1) is 0 Å². The van der Waals surface area contributed by atoms with Crippen molar-refractivity contribution in [1.82, 2.24) is 24.4 Å². The lowest BCUT2D eigenvalue weighted by Crippen LogP contribution is -2.35. The van der Waals surface area contributed by atoms with Crippen LogP contribution >= 0.6 is 0 Å². The maximum absolute atomic E-state index is 13.1. The molecule has 11 heteroatoms. The molecular weight excluding hydrogens is 516 g/mol. The normalized spacial score (nSPS) is 16.5. The van der Waals surface area contributed by atoms with Crippen molar-refractivity contribution in [3.8, 4) is 17.0 Å². The largest absolute Gasteiger partial charge is 0.481 e. The number of likely N-dealkylation sites (N-methyl/N-ethyl adjacent to an activating group) is 1. The summed E-state index contributed by atoms with van der Waals surface area (Å²) >= 11 is 0. The predicted octanol–water partition coefficient (Wildman–Crippen LogP) is 4.08. The van der Waals surface area contributed by atoms with Crippen molar-refractivity contribution in [1.29, 1.82) is 0 Å². The van der Waals surface area contributed by atoms with E-state index in [1.54, 1.807) is 30.3 Å². The number of methoxy groups -OCH3 is 1. The highest BCUT2D eigenvalue weighted by Gasteiger charge is 2.29. The number of benzene rings is 1. The molecule has 0 saturated heterocycles. The molecule has 2 aliphatic rings. The van der Waals surface area contributed by atoms with E-state index in [1.165, 1.54) is 11.6 Å². The topological polar surface area (TPSA) is 118 Å². The van der Waals surface area contributed by atoms with Crippen molar-refractivity contribution in [3.05, 3.63) is 65.0 Å². The quantitative estimate of drug-likeness (QED) is 0.406. The number of fused-ring (bicyclic) bond motifs is 1. The molecule has 1 saturated carbocycles. The first-order valence-corrected chi connectivity index (χ1v) is 14.5. The summed E-state index contributed by atoms with van der Waals surface area (Å²) in [7, 11) is 1.42. The Bertz CT molecular complexity index is 1540. The number of carbonyl (C=O) groups excluding carboxylic acids is 1. The molecule has 2 N–H and O–H groups in total. The molecule has 0 spiro atoms. The number of ether oxygens (including phenoxy) is 1. The number of urea groups is 1. The summed E-state index contributed by atoms with van der Waals surface area (Å²) in [5, 5.41) is 6.95. The number of pyridine rings is 1. The van der Waals surface area contributed by atoms with Gasteiger partial charge in [-0.25, -0.2) is 14.5 Å². The second-order valence-corrected chi connectivity index (χ2v) is 12.0. The lowest BCUT2D eigenvalue weighted by atomic mass is 9.86. The summed E-state index contributed by atoms with van der Waals surface area (Å²) in [6.45, 7) is 2.86. The molecule has 0 atom stereocenters. The van der Waals surface area contributed by atoms with Crippen LogP contribution in [0.25, 0.3) is 11.1 Å². The molecule has 1 fully saturated rings. The second-order valence-electron chi connectivity index (χ2n) is 10.4. The number of nitrogens with one attached hydrogen (secondary N) is 2. The van der Waals surface area contributed by atoms with Crippen LogP contribution in [0.1, 0.15) is 42.0 Å². The number of aryl methyl sites for hydroxylation is 2. The number of rotatable bonds is 8. The molecule has 2 aromatic heterocycles. The van der Waals surface area contributed by atoms with Gasteiger partial charge in [0.15, 0.2) is 5.03 Å². The SMILES string of the molecule is COc1cc(-c2c(C)cc3c(c2NC(=O)NS(=O)(=O)c2ccn(C4CC(=CCN(C)C)C4)n2)CCC3)ccn1. The van der Waals surface area contributed by atoms with E-state index >= 15 is 0 Å². The minimum atomic E-state index is -4.17. The number of anilines is 1. The second kappa shape index (κ2) is 10.8. The minimum Gasteiger partial charge on any atom is -0.481 e. The van der Waals surface area contributed by atoms with Crippen LogP contribution in [-0.4, -0.2) is 61.9 Å². The number of amides is 2. The summed E-state index contributed by atoms with van der Waals surface area (Å²) in [5.41, 5.74) is 6.74. The number of sulfonamides is 1. The summed E-state index contributed by atoms with van der Waals surface area (Å²) in [4.78, 5) is 19.4. The lowest BCUT2D eigenvalue weighted by Gasteiger charge is -2.30. The van der Waals surface area contributed by atoms with Gasteiger partial charge in [0, 0.05) is 30.6 Å². The molecule has 0 radical (unpaired) electrons. The molecule has 2 heterocycles. The van der Waals surface area contributed by atoms with Gasteiger partial charge in [0.05, 0.1) is 18.8 Å². The monoisotopic (exact) mass is 550 g/mol. The Morgan fingerprint density at radius 2 is 2.03 bits per heavy atom. The van der Waals surface area contributed by atoms with Crippen LogP contribution in [0, 0.1) is 6.92 Å². The first-order chi connectivity index (χ1) is 18.6. The van der Waals surface area contributed by atoms with E-state index in [1.807, 2.05) is 27.1 Å². The van der Waals surface area contributed by atoms with Gasteiger partial charge in [-0.05, 0) is 87.5 Å². The van der Waals surface area contributed by atoms with Crippen LogP contribution in [-0.2, 0) is 22.9 Å². The van der Waals surface area contributed by atoms with Crippen LogP contribution in [0.3, 0.4) is 0 Å². The molecule has 206 valence electrons. The molecule has 10 nitrogen and oxygen atoms in total. The van der Waals surface area contributed by atoms with Crippen molar-refractivity contribution in [2.45, 2.75) is 50.1 Å². The standard InChI is InChI=1S/C28H34N6O4S/c1-18-14-20-6-5-7-23(20)27(26(18)21-8-11-29-24(17-21)38-4)30-28(35)32-39(36,37)25-10-13-34(31-25)22-15-19(16-22)9-12-33(2)3/h8-11,13-14,17,22H,5-7,12,15-16H2,1-4H3,(H2,30,32,35). The van der Waals surface area contributed by atoms with E-state index in [4.69, 9.17) is 4.74 Å². The number of hydrogen-bond acceptors (Lipinski definition) is 7. The summed E-state index contributed by atoms with van der Waals surface area (Å²) in [6, 6.07) is 6.50. The molecule has 1 aromatic carbocycles. The Morgan fingerprint density at radius 3 is 2.77 bits per heavy atom. The van der Waals surface area contributed by atoms with Crippen molar-refractivity contribution < 1.29 is 17.9 Å². The Morgan fingerprint density at radius 1 is 1.23 bits per heavy atom. The van der Waals surface area contributed by atoms with Gasteiger partial charge in [0.1, 0.15) is 0 Å². The molecule has 39 heavy (non-hydrogen) atoms. The highest BCUT2D eigenvalue weighted by Crippen LogP contribution is 2.41. The van der Waals surface area contributed by atoms with Crippen molar-refractivity contribution in [3.63, 3.8) is 0 Å². The van der Waals surface area contributed by atoms with Gasteiger partial charge in [-0.3, -0.25) is 4.68 Å². The fourth-order valence-electron chi connectivity index (χ4n) is 5.27. The smallest absolute Gasteiger partial charge is 0.333 e. The highest BCUT2D eigenvalue weighted by atomic mass is 32.2. The van der Waals surface area contributed by atoms with E-state index in [0.717, 1.165) is 66.5 Å². The Balaban J connectivity index is 1.34. The van der Waals surface area contributed by atoms with Gasteiger partial charge < -0.3 is 15.0 Å². The maximum Gasteiger partial charge on any atom is 0.333 e. The fourth-order valence-corrected chi connectivity index (χ4v) is 6.11. The number of hydrogen-bond donors (Lipinski definition) is 2.